The normalized spacial score (nSPS) is 10.8. The quantitative estimate of drug-likeness (QED) is 0.455. The first-order valence-corrected chi connectivity index (χ1v) is 8.24. The standard InChI is InChI=1S/C20H21N3O2/c1-2-3-11-25-19-8-6-16(7-9-19)12-18(13-21)20(24)23-15-17-5-4-10-22-14-17/h4-10,12,14H,2-3,11,15H2,1H3,(H,23,24)/b18-12+. The van der Waals surface area contributed by atoms with Crippen molar-refractivity contribution >= 4 is 12.0 Å². The number of hydrogen-bond donors (Lipinski definition) is 1. The first kappa shape index (κ1) is 18.2. The maximum absolute atomic E-state index is 12.1. The second kappa shape index (κ2) is 9.89. The van der Waals surface area contributed by atoms with Crippen LogP contribution in [0.4, 0.5) is 0 Å². The molecule has 128 valence electrons. The monoisotopic (exact) mass is 335 g/mol. The number of nitriles is 1. The van der Waals surface area contributed by atoms with Crippen molar-refractivity contribution in [2.24, 2.45) is 0 Å². The van der Waals surface area contributed by atoms with Gasteiger partial charge in [-0.1, -0.05) is 31.5 Å². The van der Waals surface area contributed by atoms with E-state index in [0.717, 1.165) is 29.7 Å². The average Bonchev–Trinajstić information content (AvgIpc) is 2.66. The molecule has 0 spiro atoms. The van der Waals surface area contributed by atoms with Crippen molar-refractivity contribution in [1.29, 1.82) is 5.26 Å². The van der Waals surface area contributed by atoms with Crippen molar-refractivity contribution < 1.29 is 9.53 Å². The highest BCUT2D eigenvalue weighted by atomic mass is 16.5. The van der Waals surface area contributed by atoms with Gasteiger partial charge in [0.15, 0.2) is 0 Å². The van der Waals surface area contributed by atoms with Crippen LogP contribution in [-0.4, -0.2) is 17.5 Å². The molecule has 0 aliphatic carbocycles. The van der Waals surface area contributed by atoms with Crippen molar-refractivity contribution in [2.75, 3.05) is 6.61 Å². The molecule has 5 heteroatoms. The summed E-state index contributed by atoms with van der Waals surface area (Å²) in [6.45, 7) is 3.13. The van der Waals surface area contributed by atoms with Crippen LogP contribution in [0.15, 0.2) is 54.4 Å². The summed E-state index contributed by atoms with van der Waals surface area (Å²) >= 11 is 0. The number of carbonyl (C=O) groups excluding carboxylic acids is 1. The maximum Gasteiger partial charge on any atom is 0.262 e. The lowest BCUT2D eigenvalue weighted by Gasteiger charge is -2.06. The van der Waals surface area contributed by atoms with Crippen molar-refractivity contribution in [2.45, 2.75) is 26.3 Å². The van der Waals surface area contributed by atoms with E-state index in [4.69, 9.17) is 4.74 Å². The summed E-state index contributed by atoms with van der Waals surface area (Å²) < 4.78 is 5.60. The fourth-order valence-electron chi connectivity index (χ4n) is 2.09. The molecule has 1 aromatic carbocycles. The molecule has 0 bridgehead atoms. The number of amides is 1. The summed E-state index contributed by atoms with van der Waals surface area (Å²) in [5.74, 6) is 0.375. The molecule has 0 aliphatic rings. The minimum Gasteiger partial charge on any atom is -0.494 e. The SMILES string of the molecule is CCCCOc1ccc(/C=C(\C#N)C(=O)NCc2cccnc2)cc1. The number of aromatic nitrogens is 1. The number of pyridine rings is 1. The highest BCUT2D eigenvalue weighted by Crippen LogP contribution is 2.15. The number of carbonyl (C=O) groups is 1. The molecule has 1 N–H and O–H groups in total. The van der Waals surface area contributed by atoms with E-state index in [1.807, 2.05) is 36.4 Å². The van der Waals surface area contributed by atoms with Gasteiger partial charge < -0.3 is 10.1 Å². The van der Waals surface area contributed by atoms with Gasteiger partial charge in [0.1, 0.15) is 17.4 Å². The van der Waals surface area contributed by atoms with Gasteiger partial charge in [-0.05, 0) is 41.8 Å². The predicted octanol–water partition coefficient (Wildman–Crippen LogP) is 3.48. The fraction of sp³-hybridized carbons (Fsp3) is 0.250. The van der Waals surface area contributed by atoms with Crippen LogP contribution in [0, 0.1) is 11.3 Å². The summed E-state index contributed by atoms with van der Waals surface area (Å²) in [5.41, 5.74) is 1.71. The third-order valence-corrected chi connectivity index (χ3v) is 3.50. The Morgan fingerprint density at radius 2 is 2.12 bits per heavy atom. The van der Waals surface area contributed by atoms with Gasteiger partial charge in [-0.25, -0.2) is 0 Å². The molecule has 0 saturated heterocycles. The molecule has 25 heavy (non-hydrogen) atoms. The third kappa shape index (κ3) is 6.11. The molecule has 0 saturated carbocycles. The van der Waals surface area contributed by atoms with Crippen LogP contribution < -0.4 is 10.1 Å². The van der Waals surface area contributed by atoms with Crippen LogP contribution in [0.5, 0.6) is 5.75 Å². The van der Waals surface area contributed by atoms with E-state index in [9.17, 15) is 10.1 Å². The van der Waals surface area contributed by atoms with Crippen molar-refractivity contribution in [3.05, 3.63) is 65.5 Å². The number of nitrogens with zero attached hydrogens (tertiary/aromatic N) is 2. The first-order chi connectivity index (χ1) is 12.2. The molecule has 2 rings (SSSR count). The molecular weight excluding hydrogens is 314 g/mol. The molecule has 0 radical (unpaired) electrons. The summed E-state index contributed by atoms with van der Waals surface area (Å²) in [7, 11) is 0. The highest BCUT2D eigenvalue weighted by molar-refractivity contribution is 6.01. The van der Waals surface area contributed by atoms with Crippen LogP contribution >= 0.6 is 0 Å². The first-order valence-electron chi connectivity index (χ1n) is 8.24. The Balaban J connectivity index is 1.96. The van der Waals surface area contributed by atoms with Gasteiger partial charge in [0.25, 0.3) is 5.91 Å². The van der Waals surface area contributed by atoms with Crippen molar-refractivity contribution in [3.63, 3.8) is 0 Å². The Morgan fingerprint density at radius 1 is 1.32 bits per heavy atom. The lowest BCUT2D eigenvalue weighted by Crippen LogP contribution is -2.23. The second-order valence-corrected chi connectivity index (χ2v) is 5.48. The van der Waals surface area contributed by atoms with Gasteiger partial charge >= 0.3 is 0 Å². The summed E-state index contributed by atoms with van der Waals surface area (Å²) in [4.78, 5) is 16.1. The van der Waals surface area contributed by atoms with Crippen LogP contribution in [-0.2, 0) is 11.3 Å². The lowest BCUT2D eigenvalue weighted by molar-refractivity contribution is -0.117. The number of benzene rings is 1. The van der Waals surface area contributed by atoms with Gasteiger partial charge in [0.05, 0.1) is 6.61 Å². The Morgan fingerprint density at radius 3 is 2.76 bits per heavy atom. The third-order valence-electron chi connectivity index (χ3n) is 3.50. The van der Waals surface area contributed by atoms with Crippen molar-refractivity contribution in [3.8, 4) is 11.8 Å². The lowest BCUT2D eigenvalue weighted by atomic mass is 10.1. The van der Waals surface area contributed by atoms with Crippen molar-refractivity contribution in [1.82, 2.24) is 10.3 Å². The predicted molar refractivity (Wildman–Crippen MR) is 96.5 cm³/mol. The van der Waals surface area contributed by atoms with E-state index < -0.39 is 5.91 Å². The molecule has 0 unspecified atom stereocenters. The molecular formula is C20H21N3O2. The van der Waals surface area contributed by atoms with Gasteiger partial charge in [-0.15, -0.1) is 0 Å². The smallest absolute Gasteiger partial charge is 0.262 e. The number of ether oxygens (including phenoxy) is 1. The van der Waals surface area contributed by atoms with Gasteiger partial charge in [0, 0.05) is 18.9 Å². The van der Waals surface area contributed by atoms with Gasteiger partial charge in [0.2, 0.25) is 0 Å². The molecule has 1 amide bonds. The molecule has 0 atom stereocenters. The zero-order valence-corrected chi connectivity index (χ0v) is 14.2. The Labute approximate surface area is 148 Å². The van der Waals surface area contributed by atoms with E-state index in [-0.39, 0.29) is 5.57 Å². The highest BCUT2D eigenvalue weighted by Gasteiger charge is 2.08. The summed E-state index contributed by atoms with van der Waals surface area (Å²) in [5, 5.41) is 12.0. The fourth-order valence-corrected chi connectivity index (χ4v) is 2.09. The Hall–Kier alpha value is -3.13. The van der Waals surface area contributed by atoms with Gasteiger partial charge in [-0.3, -0.25) is 9.78 Å². The maximum atomic E-state index is 12.1. The molecule has 1 aromatic heterocycles. The molecule has 1 heterocycles. The van der Waals surface area contributed by atoms with E-state index in [1.54, 1.807) is 24.5 Å². The minimum atomic E-state index is -0.408. The molecule has 0 aliphatic heterocycles. The summed E-state index contributed by atoms with van der Waals surface area (Å²) in [6, 6.07) is 12.9. The van der Waals surface area contributed by atoms with E-state index >= 15 is 0 Å². The zero-order chi connectivity index (χ0) is 17.9. The topological polar surface area (TPSA) is 75.0 Å². The van der Waals surface area contributed by atoms with Crippen LogP contribution in [0.25, 0.3) is 6.08 Å². The largest absolute Gasteiger partial charge is 0.494 e. The number of hydrogen-bond acceptors (Lipinski definition) is 4. The molecule has 0 fully saturated rings. The Bertz CT molecular complexity index is 747. The van der Waals surface area contributed by atoms with Crippen LogP contribution in [0.2, 0.25) is 0 Å². The molecule has 5 nitrogen and oxygen atoms in total. The number of nitrogens with one attached hydrogen (secondary N) is 1. The average molecular weight is 335 g/mol. The zero-order valence-electron chi connectivity index (χ0n) is 14.2. The van der Waals surface area contributed by atoms with Crippen LogP contribution in [0.3, 0.4) is 0 Å². The number of unbranched alkanes of at least 4 members (excludes halogenated alkanes) is 1. The minimum absolute atomic E-state index is 0.0588. The van der Waals surface area contributed by atoms with Gasteiger partial charge in [-0.2, -0.15) is 5.26 Å². The summed E-state index contributed by atoms with van der Waals surface area (Å²) in [6.07, 6.45) is 7.00. The van der Waals surface area contributed by atoms with E-state index in [1.165, 1.54) is 0 Å². The van der Waals surface area contributed by atoms with Crippen LogP contribution in [0.1, 0.15) is 30.9 Å². The van der Waals surface area contributed by atoms with E-state index in [2.05, 4.69) is 17.2 Å². The van der Waals surface area contributed by atoms with E-state index in [0.29, 0.717) is 13.2 Å². The number of rotatable bonds is 8. The second-order valence-electron chi connectivity index (χ2n) is 5.48. The Kier molecular flexibility index (Phi) is 7.20. The molecule has 2 aromatic rings.